The number of rotatable bonds is 3. The third-order valence-corrected chi connectivity index (χ3v) is 1.54. The Morgan fingerprint density at radius 3 is 2.92 bits per heavy atom. The zero-order chi connectivity index (χ0) is 8.97. The number of aromatic nitrogens is 2. The van der Waals surface area contributed by atoms with Crippen LogP contribution in [0.1, 0.15) is 11.3 Å². The van der Waals surface area contributed by atoms with E-state index in [1.807, 2.05) is 6.92 Å². The van der Waals surface area contributed by atoms with Crippen molar-refractivity contribution >= 4 is 6.29 Å². The second-order valence-corrected chi connectivity index (χ2v) is 2.34. The summed E-state index contributed by atoms with van der Waals surface area (Å²) in [7, 11) is 1.51. The molecule has 0 aromatic carbocycles. The van der Waals surface area contributed by atoms with Crippen molar-refractivity contribution in [1.29, 1.82) is 0 Å². The van der Waals surface area contributed by atoms with Crippen LogP contribution in [0.15, 0.2) is 6.20 Å². The lowest BCUT2D eigenvalue weighted by Crippen LogP contribution is -1.99. The van der Waals surface area contributed by atoms with Crippen molar-refractivity contribution in [2.75, 3.05) is 7.11 Å². The Kier molecular flexibility index (Phi) is 2.74. The highest BCUT2D eigenvalue weighted by molar-refractivity contribution is 5.55. The smallest absolute Gasteiger partial charge is 0.316 e. The Hall–Kier alpha value is -1.45. The highest BCUT2D eigenvalue weighted by atomic mass is 16.5. The number of carbonyl (C=O) groups excluding carboxylic acids is 1. The van der Waals surface area contributed by atoms with Crippen LogP contribution in [0.3, 0.4) is 0 Å². The normalized spacial score (nSPS) is 9.50. The fraction of sp³-hybridized carbons (Fsp3) is 0.375. The van der Waals surface area contributed by atoms with Gasteiger partial charge in [0.2, 0.25) is 0 Å². The minimum Gasteiger partial charge on any atom is -0.467 e. The molecule has 0 N–H and O–H groups in total. The van der Waals surface area contributed by atoms with E-state index in [0.717, 1.165) is 17.5 Å². The lowest BCUT2D eigenvalue weighted by atomic mass is 10.2. The average molecular weight is 166 g/mol. The van der Waals surface area contributed by atoms with Gasteiger partial charge in [-0.1, -0.05) is 0 Å². The van der Waals surface area contributed by atoms with Crippen molar-refractivity contribution in [1.82, 2.24) is 9.97 Å². The molecule has 0 fully saturated rings. The highest BCUT2D eigenvalue weighted by Gasteiger charge is 2.01. The summed E-state index contributed by atoms with van der Waals surface area (Å²) in [6, 6.07) is 0.335. The van der Waals surface area contributed by atoms with E-state index in [9.17, 15) is 4.79 Å². The molecule has 1 aromatic heterocycles. The second kappa shape index (κ2) is 3.80. The summed E-state index contributed by atoms with van der Waals surface area (Å²) < 4.78 is 4.82. The van der Waals surface area contributed by atoms with Gasteiger partial charge in [-0.15, -0.1) is 0 Å². The number of aldehydes is 1. The Morgan fingerprint density at radius 1 is 1.67 bits per heavy atom. The van der Waals surface area contributed by atoms with Gasteiger partial charge in [0.25, 0.3) is 0 Å². The molecule has 0 saturated carbocycles. The van der Waals surface area contributed by atoms with Gasteiger partial charge in [-0.05, 0) is 12.5 Å². The summed E-state index contributed by atoms with van der Waals surface area (Å²) in [6.45, 7) is 1.82. The summed E-state index contributed by atoms with van der Waals surface area (Å²) in [5.74, 6) is 0. The van der Waals surface area contributed by atoms with Crippen LogP contribution < -0.4 is 4.74 Å². The predicted molar refractivity (Wildman–Crippen MR) is 43.1 cm³/mol. The first-order valence-electron chi connectivity index (χ1n) is 3.58. The first kappa shape index (κ1) is 8.64. The summed E-state index contributed by atoms with van der Waals surface area (Å²) in [6.07, 6.45) is 2.80. The van der Waals surface area contributed by atoms with Gasteiger partial charge in [0.1, 0.15) is 6.29 Å². The minimum absolute atomic E-state index is 0.335. The largest absolute Gasteiger partial charge is 0.467 e. The number of nitrogens with zero attached hydrogens (tertiary/aromatic N) is 2. The lowest BCUT2D eigenvalue weighted by molar-refractivity contribution is -0.107. The first-order chi connectivity index (χ1) is 5.77. The molecule has 12 heavy (non-hydrogen) atoms. The summed E-state index contributed by atoms with van der Waals surface area (Å²) >= 11 is 0. The summed E-state index contributed by atoms with van der Waals surface area (Å²) in [4.78, 5) is 18.1. The molecule has 0 unspecified atom stereocenters. The second-order valence-electron chi connectivity index (χ2n) is 2.34. The topological polar surface area (TPSA) is 52.1 Å². The molecule has 1 aromatic rings. The van der Waals surface area contributed by atoms with E-state index < -0.39 is 0 Å². The molecule has 0 saturated heterocycles. The molecule has 1 heterocycles. The van der Waals surface area contributed by atoms with E-state index in [0.29, 0.717) is 12.4 Å². The van der Waals surface area contributed by atoms with Gasteiger partial charge in [0, 0.05) is 18.3 Å². The molecule has 0 bridgehead atoms. The molecule has 0 radical (unpaired) electrons. The van der Waals surface area contributed by atoms with Crippen LogP contribution in [0.2, 0.25) is 0 Å². The molecule has 64 valence electrons. The van der Waals surface area contributed by atoms with Gasteiger partial charge in [0.05, 0.1) is 7.11 Å². The summed E-state index contributed by atoms with van der Waals surface area (Å²) in [5, 5.41) is 0. The Balaban J connectivity index is 2.94. The Bertz CT molecular complexity index is 286. The zero-order valence-corrected chi connectivity index (χ0v) is 7.07. The molecule has 0 aliphatic carbocycles. The van der Waals surface area contributed by atoms with Gasteiger partial charge in [-0.3, -0.25) is 0 Å². The van der Waals surface area contributed by atoms with E-state index in [1.165, 1.54) is 7.11 Å². The van der Waals surface area contributed by atoms with Gasteiger partial charge in [-0.2, -0.15) is 0 Å². The third kappa shape index (κ3) is 1.78. The molecule has 0 amide bonds. The highest BCUT2D eigenvalue weighted by Crippen LogP contribution is 2.07. The van der Waals surface area contributed by atoms with Gasteiger partial charge >= 0.3 is 6.01 Å². The number of hydrogen-bond acceptors (Lipinski definition) is 4. The van der Waals surface area contributed by atoms with E-state index >= 15 is 0 Å². The van der Waals surface area contributed by atoms with Crippen LogP contribution in [0.5, 0.6) is 6.01 Å². The minimum atomic E-state index is 0.335. The van der Waals surface area contributed by atoms with E-state index in [4.69, 9.17) is 4.74 Å². The Labute approximate surface area is 70.6 Å². The van der Waals surface area contributed by atoms with Crippen LogP contribution in [-0.4, -0.2) is 23.4 Å². The maximum Gasteiger partial charge on any atom is 0.316 e. The fourth-order valence-corrected chi connectivity index (χ4v) is 0.859. The standard InChI is InChI=1S/C8H10N2O2/c1-6-7(3-4-11)5-9-8(10-6)12-2/h4-5H,3H2,1-2H3. The lowest BCUT2D eigenvalue weighted by Gasteiger charge is -2.01. The number of carbonyl (C=O) groups is 1. The van der Waals surface area contributed by atoms with Gasteiger partial charge in [-0.25, -0.2) is 9.97 Å². The van der Waals surface area contributed by atoms with E-state index in [2.05, 4.69) is 9.97 Å². The van der Waals surface area contributed by atoms with Gasteiger partial charge < -0.3 is 9.53 Å². The van der Waals surface area contributed by atoms with Crippen LogP contribution in [-0.2, 0) is 11.2 Å². The molecule has 1 rings (SSSR count). The molecule has 0 aliphatic heterocycles. The molecule has 4 heteroatoms. The maximum atomic E-state index is 10.2. The summed E-state index contributed by atoms with van der Waals surface area (Å²) in [5.41, 5.74) is 1.62. The molecule has 4 nitrogen and oxygen atoms in total. The zero-order valence-electron chi connectivity index (χ0n) is 7.07. The molecular weight excluding hydrogens is 156 g/mol. The maximum absolute atomic E-state index is 10.2. The third-order valence-electron chi connectivity index (χ3n) is 1.54. The van der Waals surface area contributed by atoms with Crippen LogP contribution in [0.25, 0.3) is 0 Å². The van der Waals surface area contributed by atoms with Crippen molar-refractivity contribution in [3.8, 4) is 6.01 Å². The number of ether oxygens (including phenoxy) is 1. The van der Waals surface area contributed by atoms with E-state index in [-0.39, 0.29) is 0 Å². The Morgan fingerprint density at radius 2 is 2.42 bits per heavy atom. The first-order valence-corrected chi connectivity index (χ1v) is 3.58. The SMILES string of the molecule is COc1ncc(CC=O)c(C)n1. The molecule has 0 atom stereocenters. The number of aryl methyl sites for hydroxylation is 1. The van der Waals surface area contributed by atoms with Crippen molar-refractivity contribution in [3.05, 3.63) is 17.5 Å². The van der Waals surface area contributed by atoms with Gasteiger partial charge in [0.15, 0.2) is 0 Å². The molecule has 0 spiro atoms. The fourth-order valence-electron chi connectivity index (χ4n) is 0.859. The van der Waals surface area contributed by atoms with Crippen LogP contribution in [0, 0.1) is 6.92 Å². The average Bonchev–Trinajstić information content (AvgIpc) is 2.09. The number of methoxy groups -OCH3 is 1. The predicted octanol–water partition coefficient (Wildman–Crippen LogP) is 0.535. The monoisotopic (exact) mass is 166 g/mol. The van der Waals surface area contributed by atoms with Crippen molar-refractivity contribution in [2.45, 2.75) is 13.3 Å². The van der Waals surface area contributed by atoms with E-state index in [1.54, 1.807) is 6.20 Å². The van der Waals surface area contributed by atoms with Crippen LogP contribution >= 0.6 is 0 Å². The quantitative estimate of drug-likeness (QED) is 0.615. The van der Waals surface area contributed by atoms with Crippen molar-refractivity contribution in [2.24, 2.45) is 0 Å². The number of hydrogen-bond donors (Lipinski definition) is 0. The van der Waals surface area contributed by atoms with Crippen molar-refractivity contribution in [3.63, 3.8) is 0 Å². The van der Waals surface area contributed by atoms with Crippen LogP contribution in [0.4, 0.5) is 0 Å². The molecular formula is C8H10N2O2. The van der Waals surface area contributed by atoms with Crippen molar-refractivity contribution < 1.29 is 9.53 Å². The molecule has 0 aliphatic rings.